The number of piperidine rings is 1. The van der Waals surface area contributed by atoms with E-state index >= 15 is 0 Å². The number of hydrogen-bond donors (Lipinski definition) is 2. The number of methoxy groups -OCH3 is 1. The van der Waals surface area contributed by atoms with E-state index in [-0.39, 0.29) is 12.5 Å². The molecule has 0 radical (unpaired) electrons. The van der Waals surface area contributed by atoms with Gasteiger partial charge in [0.2, 0.25) is 5.91 Å². The van der Waals surface area contributed by atoms with Crippen LogP contribution in [0.4, 0.5) is 17.1 Å². The van der Waals surface area contributed by atoms with Crippen molar-refractivity contribution < 1.29 is 14.3 Å². The summed E-state index contributed by atoms with van der Waals surface area (Å²) >= 11 is 0. The first-order valence-corrected chi connectivity index (χ1v) is 9.23. The van der Waals surface area contributed by atoms with Crippen LogP contribution in [0.25, 0.3) is 0 Å². The molecule has 2 aromatic rings. The van der Waals surface area contributed by atoms with Crippen LogP contribution in [0.3, 0.4) is 0 Å². The summed E-state index contributed by atoms with van der Waals surface area (Å²) in [5, 5.41) is 5.90. The maximum atomic E-state index is 12.2. The summed E-state index contributed by atoms with van der Waals surface area (Å²) in [6.45, 7) is 2.30. The Morgan fingerprint density at radius 3 is 2.44 bits per heavy atom. The van der Waals surface area contributed by atoms with Gasteiger partial charge in [-0.15, -0.1) is 0 Å². The second-order valence-electron chi connectivity index (χ2n) is 6.57. The van der Waals surface area contributed by atoms with Crippen LogP contribution >= 0.6 is 0 Å². The van der Waals surface area contributed by atoms with Crippen LogP contribution in [0.15, 0.2) is 48.5 Å². The zero-order chi connectivity index (χ0) is 19.1. The van der Waals surface area contributed by atoms with Crippen molar-refractivity contribution in [2.45, 2.75) is 19.3 Å². The number of nitrogens with one attached hydrogen (secondary N) is 2. The van der Waals surface area contributed by atoms with E-state index in [9.17, 15) is 9.59 Å². The van der Waals surface area contributed by atoms with Crippen molar-refractivity contribution in [1.82, 2.24) is 0 Å². The Labute approximate surface area is 159 Å². The molecule has 6 heteroatoms. The van der Waals surface area contributed by atoms with Gasteiger partial charge in [-0.05, 0) is 61.7 Å². The van der Waals surface area contributed by atoms with Crippen molar-refractivity contribution >= 4 is 28.9 Å². The van der Waals surface area contributed by atoms with E-state index in [0.717, 1.165) is 18.8 Å². The molecule has 2 aromatic carbocycles. The number of nitrogens with zero attached hydrogens (tertiary/aromatic N) is 1. The van der Waals surface area contributed by atoms with Crippen molar-refractivity contribution in [3.63, 3.8) is 0 Å². The summed E-state index contributed by atoms with van der Waals surface area (Å²) in [5.74, 6) is -0.555. The molecule has 1 saturated heterocycles. The van der Waals surface area contributed by atoms with Gasteiger partial charge in [0, 0.05) is 30.2 Å². The van der Waals surface area contributed by atoms with Gasteiger partial charge in [0.25, 0.3) is 0 Å². The van der Waals surface area contributed by atoms with E-state index in [2.05, 4.69) is 15.5 Å². The maximum absolute atomic E-state index is 12.2. The molecule has 0 aromatic heterocycles. The molecule has 0 bridgehead atoms. The molecule has 1 fully saturated rings. The Bertz CT molecular complexity index is 784. The predicted octanol–water partition coefficient (Wildman–Crippen LogP) is 3.51. The SMILES string of the molecule is COC(=O)c1cccc(NCC(=O)Nc2ccc(N3CCCCC3)cc2)c1. The van der Waals surface area contributed by atoms with Crippen molar-refractivity contribution in [2.75, 3.05) is 42.3 Å². The van der Waals surface area contributed by atoms with Crippen LogP contribution in [-0.4, -0.2) is 38.6 Å². The first-order valence-electron chi connectivity index (χ1n) is 9.23. The van der Waals surface area contributed by atoms with Gasteiger partial charge in [0.05, 0.1) is 19.2 Å². The molecule has 0 unspecified atom stereocenters. The fourth-order valence-corrected chi connectivity index (χ4v) is 3.17. The number of carbonyl (C=O) groups is 2. The monoisotopic (exact) mass is 367 g/mol. The third-order valence-electron chi connectivity index (χ3n) is 4.61. The van der Waals surface area contributed by atoms with Crippen LogP contribution < -0.4 is 15.5 Å². The molecule has 0 atom stereocenters. The molecule has 0 saturated carbocycles. The number of benzene rings is 2. The molecular weight excluding hydrogens is 342 g/mol. The van der Waals surface area contributed by atoms with Crippen LogP contribution in [0, 0.1) is 0 Å². The number of anilines is 3. The molecular formula is C21H25N3O3. The summed E-state index contributed by atoms with van der Waals surface area (Å²) in [6.07, 6.45) is 3.78. The molecule has 0 spiro atoms. The molecule has 27 heavy (non-hydrogen) atoms. The standard InChI is InChI=1S/C21H25N3O3/c1-27-21(26)16-6-5-7-18(14-16)22-15-20(25)23-17-8-10-19(11-9-17)24-12-3-2-4-13-24/h5-11,14,22H,2-4,12-13,15H2,1H3,(H,23,25). The van der Waals surface area contributed by atoms with Crippen LogP contribution in [0.2, 0.25) is 0 Å². The van der Waals surface area contributed by atoms with Crippen LogP contribution in [0.5, 0.6) is 0 Å². The van der Waals surface area contributed by atoms with Gasteiger partial charge < -0.3 is 20.3 Å². The number of amides is 1. The van der Waals surface area contributed by atoms with Crippen molar-refractivity contribution in [3.05, 3.63) is 54.1 Å². The van der Waals surface area contributed by atoms with Crippen molar-refractivity contribution in [1.29, 1.82) is 0 Å². The molecule has 1 aliphatic heterocycles. The number of ether oxygens (including phenoxy) is 1. The highest BCUT2D eigenvalue weighted by molar-refractivity contribution is 5.94. The van der Waals surface area contributed by atoms with E-state index in [1.165, 1.54) is 32.1 Å². The molecule has 3 rings (SSSR count). The molecule has 1 amide bonds. The Balaban J connectivity index is 1.51. The highest BCUT2D eigenvalue weighted by Gasteiger charge is 2.11. The number of hydrogen-bond acceptors (Lipinski definition) is 5. The third kappa shape index (κ3) is 5.23. The third-order valence-corrected chi connectivity index (χ3v) is 4.61. The summed E-state index contributed by atoms with van der Waals surface area (Å²) in [7, 11) is 1.34. The van der Waals surface area contributed by atoms with Crippen molar-refractivity contribution in [3.8, 4) is 0 Å². The number of carbonyl (C=O) groups excluding carboxylic acids is 2. The second-order valence-corrected chi connectivity index (χ2v) is 6.57. The van der Waals surface area contributed by atoms with E-state index in [0.29, 0.717) is 11.3 Å². The van der Waals surface area contributed by atoms with E-state index in [1.54, 1.807) is 24.3 Å². The fraction of sp³-hybridized carbons (Fsp3) is 0.333. The normalized spacial score (nSPS) is 13.7. The van der Waals surface area contributed by atoms with Gasteiger partial charge in [-0.2, -0.15) is 0 Å². The summed E-state index contributed by atoms with van der Waals surface area (Å²) < 4.78 is 4.70. The highest BCUT2D eigenvalue weighted by Crippen LogP contribution is 2.21. The van der Waals surface area contributed by atoms with Gasteiger partial charge in [0.1, 0.15) is 0 Å². The molecule has 1 heterocycles. The lowest BCUT2D eigenvalue weighted by atomic mass is 10.1. The van der Waals surface area contributed by atoms with Gasteiger partial charge in [0.15, 0.2) is 0 Å². The first kappa shape index (κ1) is 18.8. The topological polar surface area (TPSA) is 70.7 Å². The smallest absolute Gasteiger partial charge is 0.337 e. The van der Waals surface area contributed by atoms with E-state index in [4.69, 9.17) is 4.74 Å². The number of esters is 1. The minimum Gasteiger partial charge on any atom is -0.465 e. The lowest BCUT2D eigenvalue weighted by Gasteiger charge is -2.28. The predicted molar refractivity (Wildman–Crippen MR) is 107 cm³/mol. The van der Waals surface area contributed by atoms with Crippen LogP contribution in [0.1, 0.15) is 29.6 Å². The molecule has 1 aliphatic rings. The molecule has 2 N–H and O–H groups in total. The maximum Gasteiger partial charge on any atom is 0.337 e. The van der Waals surface area contributed by atoms with Gasteiger partial charge in [-0.1, -0.05) is 6.07 Å². The largest absolute Gasteiger partial charge is 0.465 e. The van der Waals surface area contributed by atoms with Gasteiger partial charge in [-0.25, -0.2) is 4.79 Å². The lowest BCUT2D eigenvalue weighted by Crippen LogP contribution is -2.29. The fourth-order valence-electron chi connectivity index (χ4n) is 3.17. The zero-order valence-electron chi connectivity index (χ0n) is 15.5. The van der Waals surface area contributed by atoms with Crippen LogP contribution in [-0.2, 0) is 9.53 Å². The average molecular weight is 367 g/mol. The Morgan fingerprint density at radius 2 is 1.74 bits per heavy atom. The quantitative estimate of drug-likeness (QED) is 0.765. The lowest BCUT2D eigenvalue weighted by molar-refractivity contribution is -0.114. The Hall–Kier alpha value is -3.02. The summed E-state index contributed by atoms with van der Waals surface area (Å²) in [4.78, 5) is 26.1. The first-order chi connectivity index (χ1) is 13.2. The molecule has 6 nitrogen and oxygen atoms in total. The summed E-state index contributed by atoms with van der Waals surface area (Å²) in [5.41, 5.74) is 3.10. The van der Waals surface area contributed by atoms with Crippen molar-refractivity contribution in [2.24, 2.45) is 0 Å². The van der Waals surface area contributed by atoms with E-state index < -0.39 is 5.97 Å². The summed E-state index contributed by atoms with van der Waals surface area (Å²) in [6, 6.07) is 14.8. The minimum atomic E-state index is -0.406. The minimum absolute atomic E-state index is 0.110. The second kappa shape index (κ2) is 9.07. The van der Waals surface area contributed by atoms with Gasteiger partial charge >= 0.3 is 5.97 Å². The van der Waals surface area contributed by atoms with E-state index in [1.807, 2.05) is 24.3 Å². The Kier molecular flexibility index (Phi) is 6.30. The van der Waals surface area contributed by atoms with Gasteiger partial charge in [-0.3, -0.25) is 4.79 Å². The molecule has 0 aliphatic carbocycles. The zero-order valence-corrected chi connectivity index (χ0v) is 15.5. The average Bonchev–Trinajstić information content (AvgIpc) is 2.73. The number of rotatable bonds is 6. The highest BCUT2D eigenvalue weighted by atomic mass is 16.5. The Morgan fingerprint density at radius 1 is 1.00 bits per heavy atom. The molecule has 142 valence electrons.